The van der Waals surface area contributed by atoms with Crippen LogP contribution in [0.5, 0.6) is 0 Å². The van der Waals surface area contributed by atoms with Crippen LogP contribution in [0.3, 0.4) is 0 Å². The molecule has 1 aliphatic heterocycles. The summed E-state index contributed by atoms with van der Waals surface area (Å²) < 4.78 is 32.3. The maximum absolute atomic E-state index is 12.9. The molecule has 0 bridgehead atoms. The number of aryl methyl sites for hydroxylation is 1. The van der Waals surface area contributed by atoms with Crippen LogP contribution in [0, 0.1) is 6.92 Å². The number of benzene rings is 2. The molecule has 0 radical (unpaired) electrons. The van der Waals surface area contributed by atoms with Gasteiger partial charge >= 0.3 is 6.03 Å². The number of methoxy groups -OCH3 is 1. The molecule has 8 nitrogen and oxygen atoms in total. The zero-order valence-corrected chi connectivity index (χ0v) is 17.7. The van der Waals surface area contributed by atoms with Crippen LogP contribution in [0.2, 0.25) is 0 Å². The van der Waals surface area contributed by atoms with E-state index in [1.54, 1.807) is 37.1 Å². The molecule has 2 aromatic rings. The molecule has 0 spiro atoms. The van der Waals surface area contributed by atoms with Gasteiger partial charge in [-0.25, -0.2) is 17.9 Å². The molecule has 1 heterocycles. The molecule has 0 aromatic heterocycles. The molecule has 30 heavy (non-hydrogen) atoms. The number of likely N-dealkylation sites (tertiary alicyclic amines) is 1. The highest BCUT2D eigenvalue weighted by molar-refractivity contribution is 7.90. The van der Waals surface area contributed by atoms with Crippen molar-refractivity contribution in [3.05, 3.63) is 65.7 Å². The molecule has 1 saturated heterocycles. The largest absolute Gasteiger partial charge is 0.378 e. The van der Waals surface area contributed by atoms with E-state index in [1.807, 2.05) is 35.1 Å². The van der Waals surface area contributed by atoms with Gasteiger partial charge in [0, 0.05) is 26.6 Å². The Morgan fingerprint density at radius 2 is 1.73 bits per heavy atom. The number of ether oxygens (including phenoxy) is 1. The minimum absolute atomic E-state index is 0.0109. The average molecular weight is 432 g/mol. The van der Waals surface area contributed by atoms with Crippen LogP contribution in [0.4, 0.5) is 4.79 Å². The predicted molar refractivity (Wildman–Crippen MR) is 111 cm³/mol. The fourth-order valence-corrected chi connectivity index (χ4v) is 4.42. The second-order valence-corrected chi connectivity index (χ2v) is 8.84. The van der Waals surface area contributed by atoms with E-state index < -0.39 is 22.1 Å². The van der Waals surface area contributed by atoms with Crippen LogP contribution in [0.1, 0.15) is 11.1 Å². The molecular weight excluding hydrogens is 406 g/mol. The maximum atomic E-state index is 12.9. The van der Waals surface area contributed by atoms with Crippen molar-refractivity contribution in [2.45, 2.75) is 30.4 Å². The topological polar surface area (TPSA) is 105 Å². The van der Waals surface area contributed by atoms with Crippen LogP contribution in [-0.2, 0) is 26.0 Å². The summed E-state index contributed by atoms with van der Waals surface area (Å²) in [5, 5.41) is 2.53. The Labute approximate surface area is 176 Å². The Balaban J connectivity index is 1.72. The number of nitrogens with zero attached hydrogens (tertiary/aromatic N) is 1. The van der Waals surface area contributed by atoms with E-state index in [-0.39, 0.29) is 23.3 Å². The second kappa shape index (κ2) is 9.27. The molecule has 9 heteroatoms. The highest BCUT2D eigenvalue weighted by atomic mass is 32.2. The number of nitrogens with one attached hydrogen (secondary N) is 2. The zero-order valence-electron chi connectivity index (χ0n) is 16.9. The first-order valence-electron chi connectivity index (χ1n) is 9.54. The molecule has 0 aliphatic carbocycles. The SMILES string of the molecule is COC1CN(C(=O)[C@H](Cc2ccccc2)NC(=O)NS(=O)(=O)c2ccccc2C)C1. The van der Waals surface area contributed by atoms with Crippen molar-refractivity contribution in [3.63, 3.8) is 0 Å². The van der Waals surface area contributed by atoms with Gasteiger partial charge in [-0.15, -0.1) is 0 Å². The molecule has 160 valence electrons. The summed E-state index contributed by atoms with van der Waals surface area (Å²) in [6.45, 7) is 2.52. The van der Waals surface area contributed by atoms with Crippen LogP contribution in [0.25, 0.3) is 0 Å². The molecule has 2 aromatic carbocycles. The fraction of sp³-hybridized carbons (Fsp3) is 0.333. The Bertz CT molecular complexity index is 1000. The molecule has 1 aliphatic rings. The number of hydrogen-bond donors (Lipinski definition) is 2. The third-order valence-corrected chi connectivity index (χ3v) is 6.48. The minimum Gasteiger partial charge on any atom is -0.378 e. The van der Waals surface area contributed by atoms with Gasteiger partial charge in [0.2, 0.25) is 5.91 Å². The normalized spacial score (nSPS) is 15.2. The van der Waals surface area contributed by atoms with Crippen molar-refractivity contribution in [1.29, 1.82) is 0 Å². The van der Waals surface area contributed by atoms with E-state index in [9.17, 15) is 18.0 Å². The lowest BCUT2D eigenvalue weighted by atomic mass is 10.0. The van der Waals surface area contributed by atoms with Crippen LogP contribution < -0.4 is 10.0 Å². The molecule has 1 fully saturated rings. The number of amides is 3. The van der Waals surface area contributed by atoms with Gasteiger partial charge in [-0.2, -0.15) is 0 Å². The van der Waals surface area contributed by atoms with Gasteiger partial charge in [0.05, 0.1) is 11.0 Å². The van der Waals surface area contributed by atoms with Gasteiger partial charge in [0.1, 0.15) is 6.04 Å². The Hall–Kier alpha value is -2.91. The number of urea groups is 1. The van der Waals surface area contributed by atoms with Gasteiger partial charge in [-0.3, -0.25) is 4.79 Å². The van der Waals surface area contributed by atoms with E-state index in [4.69, 9.17) is 4.74 Å². The van der Waals surface area contributed by atoms with Crippen LogP contribution in [0.15, 0.2) is 59.5 Å². The first-order chi connectivity index (χ1) is 14.3. The third kappa shape index (κ3) is 5.17. The summed E-state index contributed by atoms with van der Waals surface area (Å²) in [5.74, 6) is -0.282. The van der Waals surface area contributed by atoms with Crippen molar-refractivity contribution in [1.82, 2.24) is 14.9 Å². The van der Waals surface area contributed by atoms with Crippen molar-refractivity contribution < 1.29 is 22.7 Å². The summed E-state index contributed by atoms with van der Waals surface area (Å²) in [6, 6.07) is 13.7. The van der Waals surface area contributed by atoms with E-state index in [2.05, 4.69) is 5.32 Å². The molecule has 0 unspecified atom stereocenters. The monoisotopic (exact) mass is 431 g/mol. The second-order valence-electron chi connectivity index (χ2n) is 7.19. The Kier molecular flexibility index (Phi) is 6.73. The first-order valence-corrected chi connectivity index (χ1v) is 11.0. The first kappa shape index (κ1) is 21.8. The molecule has 2 N–H and O–H groups in total. The van der Waals surface area contributed by atoms with Gasteiger partial charge in [-0.1, -0.05) is 48.5 Å². The predicted octanol–water partition coefficient (Wildman–Crippen LogP) is 1.45. The zero-order chi connectivity index (χ0) is 21.7. The summed E-state index contributed by atoms with van der Waals surface area (Å²) in [5.41, 5.74) is 1.36. The van der Waals surface area contributed by atoms with Crippen molar-refractivity contribution in [3.8, 4) is 0 Å². The maximum Gasteiger partial charge on any atom is 0.329 e. The number of hydrogen-bond acceptors (Lipinski definition) is 5. The minimum atomic E-state index is -4.07. The summed E-state index contributed by atoms with van der Waals surface area (Å²) in [7, 11) is -2.49. The van der Waals surface area contributed by atoms with Crippen LogP contribution >= 0.6 is 0 Å². The van der Waals surface area contributed by atoms with Crippen molar-refractivity contribution >= 4 is 22.0 Å². The molecular formula is C21H25N3O5S. The van der Waals surface area contributed by atoms with Gasteiger partial charge in [-0.05, 0) is 24.1 Å². The number of carbonyl (C=O) groups is 2. The molecule has 0 saturated carbocycles. The average Bonchev–Trinajstić information content (AvgIpc) is 2.67. The molecule has 3 rings (SSSR count). The Morgan fingerprint density at radius 1 is 1.10 bits per heavy atom. The Morgan fingerprint density at radius 3 is 2.37 bits per heavy atom. The number of sulfonamides is 1. The lowest BCUT2D eigenvalue weighted by Crippen LogP contribution is -2.61. The third-order valence-electron chi connectivity index (χ3n) is 4.99. The lowest BCUT2D eigenvalue weighted by Gasteiger charge is -2.40. The highest BCUT2D eigenvalue weighted by Crippen LogP contribution is 2.16. The van der Waals surface area contributed by atoms with Gasteiger partial charge < -0.3 is 15.0 Å². The number of carbonyl (C=O) groups excluding carboxylic acids is 2. The standard InChI is InChI=1S/C21H25N3O5S/c1-15-8-6-7-11-19(15)30(27,28)23-21(26)22-18(12-16-9-4-3-5-10-16)20(25)24-13-17(14-24)29-2/h3-11,17-18H,12-14H2,1-2H3,(H2,22,23,26)/t18-/m0/s1. The van der Waals surface area contributed by atoms with Crippen LogP contribution in [-0.4, -0.2) is 57.6 Å². The van der Waals surface area contributed by atoms with E-state index >= 15 is 0 Å². The quantitative estimate of drug-likeness (QED) is 0.691. The summed E-state index contributed by atoms with van der Waals surface area (Å²) >= 11 is 0. The van der Waals surface area contributed by atoms with Gasteiger partial charge in [0.15, 0.2) is 0 Å². The fourth-order valence-electron chi connectivity index (χ4n) is 3.26. The van der Waals surface area contributed by atoms with E-state index in [1.165, 1.54) is 6.07 Å². The molecule has 1 atom stereocenters. The van der Waals surface area contributed by atoms with Crippen molar-refractivity contribution in [2.24, 2.45) is 0 Å². The highest BCUT2D eigenvalue weighted by Gasteiger charge is 2.35. The van der Waals surface area contributed by atoms with Gasteiger partial charge in [0.25, 0.3) is 10.0 Å². The van der Waals surface area contributed by atoms with Crippen molar-refractivity contribution in [2.75, 3.05) is 20.2 Å². The van der Waals surface area contributed by atoms with E-state index in [0.717, 1.165) is 5.56 Å². The lowest BCUT2D eigenvalue weighted by molar-refractivity contribution is -0.145. The summed E-state index contributed by atoms with van der Waals surface area (Å²) in [6.07, 6.45) is 0.215. The molecule has 3 amide bonds. The smallest absolute Gasteiger partial charge is 0.329 e. The van der Waals surface area contributed by atoms with E-state index in [0.29, 0.717) is 18.7 Å². The summed E-state index contributed by atoms with van der Waals surface area (Å²) in [4.78, 5) is 27.0. The number of rotatable bonds is 7.